The summed E-state index contributed by atoms with van der Waals surface area (Å²) in [5.74, 6) is -3.04. The number of halogens is 2. The van der Waals surface area contributed by atoms with Gasteiger partial charge in [-0.25, -0.2) is 0 Å². The quantitative estimate of drug-likeness (QED) is 0.695. The van der Waals surface area contributed by atoms with E-state index in [1.165, 1.54) is 12.1 Å². The van der Waals surface area contributed by atoms with Gasteiger partial charge in [-0.2, -0.15) is 8.78 Å². The third kappa shape index (κ3) is 3.48. The van der Waals surface area contributed by atoms with E-state index in [1.54, 1.807) is 25.1 Å². The summed E-state index contributed by atoms with van der Waals surface area (Å²) in [6.07, 6.45) is 0.366. The molecule has 1 rings (SSSR count). The molecule has 0 aliphatic heterocycles. The molecule has 0 saturated heterocycles. The number of aliphatic hydroxyl groups is 2. The second kappa shape index (κ2) is 6.22. The molecule has 0 radical (unpaired) electrons. The smallest absolute Gasteiger partial charge is 0.285 e. The molecule has 1 aromatic carbocycles. The molecule has 0 spiro atoms. The number of rotatable bonds is 7. The summed E-state index contributed by atoms with van der Waals surface area (Å²) in [7, 11) is 0. The Labute approximate surface area is 105 Å². The molecule has 3 nitrogen and oxygen atoms in total. The van der Waals surface area contributed by atoms with Crippen LogP contribution in [0.4, 0.5) is 8.78 Å². The highest BCUT2D eigenvalue weighted by Gasteiger charge is 2.35. The predicted molar refractivity (Wildman–Crippen MR) is 65.5 cm³/mol. The van der Waals surface area contributed by atoms with Crippen molar-refractivity contribution in [1.82, 2.24) is 5.32 Å². The van der Waals surface area contributed by atoms with Crippen molar-refractivity contribution in [3.05, 3.63) is 35.9 Å². The largest absolute Gasteiger partial charge is 0.394 e. The maximum absolute atomic E-state index is 13.9. The van der Waals surface area contributed by atoms with Gasteiger partial charge in [0.25, 0.3) is 5.92 Å². The van der Waals surface area contributed by atoms with Crippen LogP contribution in [0.15, 0.2) is 30.3 Å². The Hall–Kier alpha value is -1.04. The Morgan fingerprint density at radius 2 is 1.67 bits per heavy atom. The highest BCUT2D eigenvalue weighted by Crippen LogP contribution is 2.27. The van der Waals surface area contributed by atoms with Crippen molar-refractivity contribution >= 4 is 0 Å². The molecule has 0 fully saturated rings. The van der Waals surface area contributed by atoms with Crippen molar-refractivity contribution < 1.29 is 19.0 Å². The molecule has 0 aliphatic rings. The van der Waals surface area contributed by atoms with Crippen LogP contribution in [0, 0.1) is 0 Å². The minimum absolute atomic E-state index is 0.0848. The average molecular weight is 259 g/mol. The molecule has 3 N–H and O–H groups in total. The van der Waals surface area contributed by atoms with Gasteiger partial charge in [0, 0.05) is 5.56 Å². The van der Waals surface area contributed by atoms with Crippen LogP contribution in [0.2, 0.25) is 0 Å². The zero-order chi connectivity index (χ0) is 13.6. The summed E-state index contributed by atoms with van der Waals surface area (Å²) < 4.78 is 27.7. The lowest BCUT2D eigenvalue weighted by Crippen LogP contribution is -2.54. The maximum Gasteiger partial charge on any atom is 0.285 e. The first-order valence-electron chi connectivity index (χ1n) is 5.90. The minimum Gasteiger partial charge on any atom is -0.394 e. The van der Waals surface area contributed by atoms with Crippen LogP contribution in [0.25, 0.3) is 0 Å². The van der Waals surface area contributed by atoms with Crippen molar-refractivity contribution in [3.63, 3.8) is 0 Å². The van der Waals surface area contributed by atoms with Crippen molar-refractivity contribution in [2.45, 2.75) is 24.8 Å². The van der Waals surface area contributed by atoms with Gasteiger partial charge < -0.3 is 15.5 Å². The maximum atomic E-state index is 13.9. The van der Waals surface area contributed by atoms with Crippen molar-refractivity contribution in [2.75, 3.05) is 19.8 Å². The van der Waals surface area contributed by atoms with E-state index in [-0.39, 0.29) is 18.8 Å². The van der Waals surface area contributed by atoms with Crippen LogP contribution in [0.5, 0.6) is 0 Å². The Balaban J connectivity index is 2.72. The fourth-order valence-corrected chi connectivity index (χ4v) is 1.59. The molecule has 0 heterocycles. The first-order chi connectivity index (χ1) is 8.49. The standard InChI is InChI=1S/C13H19F2NO2/c1-2-12(9-17,10-18)16-8-13(14,15)11-6-4-3-5-7-11/h3-7,16-18H,2,8-10H2,1H3. The molecule has 0 unspecified atom stereocenters. The summed E-state index contributed by atoms with van der Waals surface area (Å²) in [4.78, 5) is 0. The van der Waals surface area contributed by atoms with Gasteiger partial charge in [0.15, 0.2) is 0 Å². The summed E-state index contributed by atoms with van der Waals surface area (Å²) in [6, 6.07) is 7.48. The normalized spacial score (nSPS) is 12.7. The Morgan fingerprint density at radius 1 is 1.11 bits per heavy atom. The molecule has 1 aromatic rings. The molecule has 102 valence electrons. The van der Waals surface area contributed by atoms with E-state index in [4.69, 9.17) is 0 Å². The third-order valence-electron chi connectivity index (χ3n) is 3.16. The number of hydrogen-bond donors (Lipinski definition) is 3. The molecule has 0 saturated carbocycles. The number of nitrogens with one attached hydrogen (secondary N) is 1. The van der Waals surface area contributed by atoms with E-state index in [9.17, 15) is 19.0 Å². The van der Waals surface area contributed by atoms with Crippen LogP contribution >= 0.6 is 0 Å². The summed E-state index contributed by atoms with van der Waals surface area (Å²) in [5.41, 5.74) is -1.14. The summed E-state index contributed by atoms with van der Waals surface area (Å²) in [6.45, 7) is 0.335. The number of benzene rings is 1. The fourth-order valence-electron chi connectivity index (χ4n) is 1.59. The number of aliphatic hydroxyl groups excluding tert-OH is 2. The monoisotopic (exact) mass is 259 g/mol. The SMILES string of the molecule is CCC(CO)(CO)NCC(F)(F)c1ccccc1. The predicted octanol–water partition coefficient (Wildman–Crippen LogP) is 1.50. The van der Waals surface area contributed by atoms with E-state index in [1.807, 2.05) is 0 Å². The van der Waals surface area contributed by atoms with Gasteiger partial charge in [-0.1, -0.05) is 37.3 Å². The lowest BCUT2D eigenvalue weighted by Gasteiger charge is -2.32. The van der Waals surface area contributed by atoms with Gasteiger partial charge in [-0.3, -0.25) is 0 Å². The van der Waals surface area contributed by atoms with E-state index < -0.39 is 18.0 Å². The molecular weight excluding hydrogens is 240 g/mol. The van der Waals surface area contributed by atoms with Gasteiger partial charge in [0.05, 0.1) is 25.3 Å². The molecule has 0 aromatic heterocycles. The summed E-state index contributed by atoms with van der Waals surface area (Å²) in [5, 5.41) is 20.9. The van der Waals surface area contributed by atoms with Gasteiger partial charge in [0.2, 0.25) is 0 Å². The first kappa shape index (κ1) is 15.0. The van der Waals surface area contributed by atoms with Crippen molar-refractivity contribution in [1.29, 1.82) is 0 Å². The zero-order valence-corrected chi connectivity index (χ0v) is 10.4. The van der Waals surface area contributed by atoms with Gasteiger partial charge in [-0.05, 0) is 6.42 Å². The van der Waals surface area contributed by atoms with E-state index >= 15 is 0 Å². The molecule has 18 heavy (non-hydrogen) atoms. The molecule has 0 aliphatic carbocycles. The second-order valence-corrected chi connectivity index (χ2v) is 4.37. The van der Waals surface area contributed by atoms with Crippen LogP contribution in [-0.4, -0.2) is 35.5 Å². The van der Waals surface area contributed by atoms with Crippen LogP contribution in [-0.2, 0) is 5.92 Å². The fraction of sp³-hybridized carbons (Fsp3) is 0.538. The Bertz CT molecular complexity index is 345. The topological polar surface area (TPSA) is 52.5 Å². The molecule has 0 amide bonds. The molecule has 0 atom stereocenters. The van der Waals surface area contributed by atoms with E-state index in [2.05, 4.69) is 5.32 Å². The highest BCUT2D eigenvalue weighted by atomic mass is 19.3. The Morgan fingerprint density at radius 3 is 2.11 bits per heavy atom. The molecule has 5 heteroatoms. The van der Waals surface area contributed by atoms with Crippen LogP contribution in [0.3, 0.4) is 0 Å². The molecular formula is C13H19F2NO2. The zero-order valence-electron chi connectivity index (χ0n) is 10.4. The first-order valence-corrected chi connectivity index (χ1v) is 5.90. The highest BCUT2D eigenvalue weighted by molar-refractivity contribution is 5.20. The lowest BCUT2D eigenvalue weighted by molar-refractivity contribution is -0.0218. The summed E-state index contributed by atoms with van der Waals surface area (Å²) >= 11 is 0. The van der Waals surface area contributed by atoms with Crippen molar-refractivity contribution in [3.8, 4) is 0 Å². The Kier molecular flexibility index (Phi) is 5.19. The van der Waals surface area contributed by atoms with E-state index in [0.29, 0.717) is 6.42 Å². The van der Waals surface area contributed by atoms with Crippen molar-refractivity contribution in [2.24, 2.45) is 0 Å². The van der Waals surface area contributed by atoms with Gasteiger partial charge in [0.1, 0.15) is 0 Å². The van der Waals surface area contributed by atoms with Gasteiger partial charge >= 0.3 is 0 Å². The minimum atomic E-state index is -3.04. The van der Waals surface area contributed by atoms with Crippen LogP contribution < -0.4 is 5.32 Å². The average Bonchev–Trinajstić information content (AvgIpc) is 2.42. The second-order valence-electron chi connectivity index (χ2n) is 4.37. The van der Waals surface area contributed by atoms with Gasteiger partial charge in [-0.15, -0.1) is 0 Å². The lowest BCUT2D eigenvalue weighted by atomic mass is 9.97. The molecule has 0 bridgehead atoms. The third-order valence-corrected chi connectivity index (χ3v) is 3.16. The number of alkyl halides is 2. The van der Waals surface area contributed by atoms with Crippen LogP contribution in [0.1, 0.15) is 18.9 Å². The number of hydrogen-bond acceptors (Lipinski definition) is 3. The van der Waals surface area contributed by atoms with E-state index in [0.717, 1.165) is 0 Å².